The van der Waals surface area contributed by atoms with Crippen molar-refractivity contribution in [3.8, 4) is 0 Å². The van der Waals surface area contributed by atoms with Crippen molar-refractivity contribution in [2.24, 2.45) is 0 Å². The van der Waals surface area contributed by atoms with Crippen LogP contribution in [0.5, 0.6) is 0 Å². The Labute approximate surface area is 176 Å². The van der Waals surface area contributed by atoms with Crippen LogP contribution in [0.4, 0.5) is 10.1 Å². The van der Waals surface area contributed by atoms with Gasteiger partial charge in [-0.25, -0.2) is 12.8 Å². The summed E-state index contributed by atoms with van der Waals surface area (Å²) in [5.74, 6) is -1.16. The molecule has 30 heavy (non-hydrogen) atoms. The van der Waals surface area contributed by atoms with E-state index in [1.54, 1.807) is 0 Å². The molecule has 1 amide bonds. The molecule has 0 spiro atoms. The van der Waals surface area contributed by atoms with Crippen molar-refractivity contribution in [2.45, 2.75) is 18.9 Å². The summed E-state index contributed by atoms with van der Waals surface area (Å²) in [6.07, 6.45) is 2.37. The summed E-state index contributed by atoms with van der Waals surface area (Å²) in [7, 11) is -3.67. The minimum atomic E-state index is -3.67. The predicted octanol–water partition coefficient (Wildman–Crippen LogP) is 4.30. The fourth-order valence-corrected chi connectivity index (χ4v) is 3.71. The molecule has 0 aliphatic rings. The maximum absolute atomic E-state index is 13.9. The second kappa shape index (κ2) is 9.54. The topological polar surface area (TPSA) is 75.3 Å². The van der Waals surface area contributed by atoms with Crippen LogP contribution < -0.4 is 10.0 Å². The molecule has 1 unspecified atom stereocenters. The van der Waals surface area contributed by atoms with Crippen molar-refractivity contribution in [3.05, 3.63) is 101 Å². The third-order valence-corrected chi connectivity index (χ3v) is 5.19. The van der Waals surface area contributed by atoms with E-state index in [-0.39, 0.29) is 17.3 Å². The smallest absolute Gasteiger partial charge is 0.251 e. The normalized spacial score (nSPS) is 12.2. The summed E-state index contributed by atoms with van der Waals surface area (Å²) < 4.78 is 38.9. The molecule has 1 atom stereocenters. The van der Waals surface area contributed by atoms with Gasteiger partial charge in [-0.05, 0) is 42.2 Å². The maximum Gasteiger partial charge on any atom is 0.251 e. The third kappa shape index (κ3) is 6.15. The zero-order valence-electron chi connectivity index (χ0n) is 16.5. The number of sulfonamides is 1. The third-order valence-electron chi connectivity index (χ3n) is 4.60. The lowest BCUT2D eigenvalue weighted by Gasteiger charge is -2.20. The van der Waals surface area contributed by atoms with E-state index in [0.717, 1.165) is 29.9 Å². The summed E-state index contributed by atoms with van der Waals surface area (Å²) >= 11 is 0. The number of aryl methyl sites for hydroxylation is 1. The number of nitrogens with one attached hydrogen (secondary N) is 2. The number of halogens is 1. The van der Waals surface area contributed by atoms with Crippen LogP contribution in [0.1, 0.15) is 33.9 Å². The number of carbonyl (C=O) groups excluding carboxylic acids is 1. The van der Waals surface area contributed by atoms with Crippen LogP contribution >= 0.6 is 0 Å². The molecule has 0 heterocycles. The van der Waals surface area contributed by atoms with Gasteiger partial charge in [-0.15, -0.1) is 0 Å². The van der Waals surface area contributed by atoms with Gasteiger partial charge in [0.2, 0.25) is 10.0 Å². The first-order valence-electron chi connectivity index (χ1n) is 9.49. The fourth-order valence-electron chi connectivity index (χ4n) is 3.15. The van der Waals surface area contributed by atoms with Crippen LogP contribution in [-0.4, -0.2) is 20.6 Å². The molecule has 0 radical (unpaired) electrons. The summed E-state index contributed by atoms with van der Waals surface area (Å²) in [6.45, 7) is 0. The van der Waals surface area contributed by atoms with Gasteiger partial charge in [-0.2, -0.15) is 0 Å². The number of hydrogen-bond donors (Lipinski definition) is 2. The molecule has 0 saturated heterocycles. The number of anilines is 1. The Morgan fingerprint density at radius 3 is 2.23 bits per heavy atom. The number of benzene rings is 3. The zero-order chi connectivity index (χ0) is 21.6. The number of hydrogen-bond acceptors (Lipinski definition) is 3. The van der Waals surface area contributed by atoms with Gasteiger partial charge in [0.15, 0.2) is 0 Å². The molecule has 0 saturated carbocycles. The van der Waals surface area contributed by atoms with E-state index >= 15 is 0 Å². The molecule has 3 aromatic carbocycles. The predicted molar refractivity (Wildman–Crippen MR) is 116 cm³/mol. The molecule has 0 bridgehead atoms. The summed E-state index contributed by atoms with van der Waals surface area (Å²) in [5, 5.41) is 2.99. The lowest BCUT2D eigenvalue weighted by Crippen LogP contribution is -2.29. The molecule has 156 valence electrons. The van der Waals surface area contributed by atoms with E-state index in [1.165, 1.54) is 12.1 Å². The Morgan fingerprint density at radius 2 is 1.60 bits per heavy atom. The zero-order valence-corrected chi connectivity index (χ0v) is 17.3. The molecule has 0 fully saturated rings. The van der Waals surface area contributed by atoms with Gasteiger partial charge in [-0.3, -0.25) is 9.52 Å². The molecule has 0 aliphatic carbocycles. The SMILES string of the molecule is CS(=O)(=O)Nc1cc(C(=O)NC(CCc2ccccc2)c2ccccc2)ccc1F. The molecule has 7 heteroatoms. The highest BCUT2D eigenvalue weighted by molar-refractivity contribution is 7.92. The summed E-state index contributed by atoms with van der Waals surface area (Å²) in [5.41, 5.74) is 2.03. The second-order valence-electron chi connectivity index (χ2n) is 7.03. The molecule has 5 nitrogen and oxygen atoms in total. The number of rotatable bonds is 8. The van der Waals surface area contributed by atoms with Crippen molar-refractivity contribution in [1.82, 2.24) is 5.32 Å². The molecule has 3 rings (SSSR count). The number of carbonyl (C=O) groups is 1. The first-order chi connectivity index (χ1) is 14.3. The Balaban J connectivity index is 1.80. The average Bonchev–Trinajstić information content (AvgIpc) is 2.73. The van der Waals surface area contributed by atoms with Crippen molar-refractivity contribution in [3.63, 3.8) is 0 Å². The second-order valence-corrected chi connectivity index (χ2v) is 8.78. The summed E-state index contributed by atoms with van der Waals surface area (Å²) in [4.78, 5) is 12.9. The van der Waals surface area contributed by atoms with Gasteiger partial charge in [-0.1, -0.05) is 60.7 Å². The molecular formula is C23H23FN2O3S. The quantitative estimate of drug-likeness (QED) is 0.564. The van der Waals surface area contributed by atoms with E-state index < -0.39 is 21.7 Å². The Morgan fingerprint density at radius 1 is 0.967 bits per heavy atom. The van der Waals surface area contributed by atoms with E-state index in [4.69, 9.17) is 0 Å². The lowest BCUT2D eigenvalue weighted by molar-refractivity contribution is 0.0934. The van der Waals surface area contributed by atoms with Gasteiger partial charge in [0, 0.05) is 5.56 Å². The van der Waals surface area contributed by atoms with Gasteiger partial charge in [0.1, 0.15) is 5.82 Å². The first-order valence-corrected chi connectivity index (χ1v) is 11.4. The highest BCUT2D eigenvalue weighted by Gasteiger charge is 2.18. The Hall–Kier alpha value is -3.19. The molecule has 2 N–H and O–H groups in total. The van der Waals surface area contributed by atoms with Crippen LogP contribution in [0.15, 0.2) is 78.9 Å². The van der Waals surface area contributed by atoms with Crippen LogP contribution in [-0.2, 0) is 16.4 Å². The maximum atomic E-state index is 13.9. The van der Waals surface area contributed by atoms with Gasteiger partial charge >= 0.3 is 0 Å². The highest BCUT2D eigenvalue weighted by Crippen LogP contribution is 2.22. The Kier molecular flexibility index (Phi) is 6.84. The largest absolute Gasteiger partial charge is 0.345 e. The lowest BCUT2D eigenvalue weighted by atomic mass is 9.98. The molecule has 0 aromatic heterocycles. The molecular weight excluding hydrogens is 403 g/mol. The fraction of sp³-hybridized carbons (Fsp3) is 0.174. The summed E-state index contributed by atoms with van der Waals surface area (Å²) in [6, 6.07) is 22.9. The van der Waals surface area contributed by atoms with Gasteiger partial charge in [0.25, 0.3) is 5.91 Å². The van der Waals surface area contributed by atoms with Gasteiger partial charge in [0.05, 0.1) is 18.0 Å². The highest BCUT2D eigenvalue weighted by atomic mass is 32.2. The van der Waals surface area contributed by atoms with Crippen LogP contribution in [0, 0.1) is 5.82 Å². The minimum absolute atomic E-state index is 0.170. The Bertz CT molecular complexity index is 1100. The van der Waals surface area contributed by atoms with Crippen LogP contribution in [0.2, 0.25) is 0 Å². The van der Waals surface area contributed by atoms with E-state index in [1.807, 2.05) is 60.7 Å². The molecule has 0 aliphatic heterocycles. The van der Waals surface area contributed by atoms with Crippen LogP contribution in [0.3, 0.4) is 0 Å². The van der Waals surface area contributed by atoms with Crippen LogP contribution in [0.25, 0.3) is 0 Å². The average molecular weight is 427 g/mol. The molecule has 3 aromatic rings. The number of amides is 1. The standard InChI is InChI=1S/C23H23FN2O3S/c1-30(28,29)26-22-16-19(13-14-20(22)24)23(27)25-21(18-10-6-3-7-11-18)15-12-17-8-4-2-5-9-17/h2-11,13-14,16,21,26H,12,15H2,1H3,(H,25,27). The van der Waals surface area contributed by atoms with Crippen molar-refractivity contribution in [1.29, 1.82) is 0 Å². The van der Waals surface area contributed by atoms with Crippen molar-refractivity contribution >= 4 is 21.6 Å². The monoisotopic (exact) mass is 426 g/mol. The van der Waals surface area contributed by atoms with Crippen molar-refractivity contribution < 1.29 is 17.6 Å². The minimum Gasteiger partial charge on any atom is -0.345 e. The van der Waals surface area contributed by atoms with E-state index in [0.29, 0.717) is 6.42 Å². The van der Waals surface area contributed by atoms with Gasteiger partial charge < -0.3 is 5.32 Å². The van der Waals surface area contributed by atoms with E-state index in [9.17, 15) is 17.6 Å². The first kappa shape index (κ1) is 21.5. The van der Waals surface area contributed by atoms with Crippen molar-refractivity contribution in [2.75, 3.05) is 11.0 Å². The van der Waals surface area contributed by atoms with E-state index in [2.05, 4.69) is 10.0 Å².